The number of pyridine rings is 1. The van der Waals surface area contributed by atoms with Gasteiger partial charge in [0.1, 0.15) is 5.82 Å². The Morgan fingerprint density at radius 2 is 1.91 bits per heavy atom. The zero-order chi connectivity index (χ0) is 15.8. The molecule has 23 heavy (non-hydrogen) atoms. The molecule has 3 aliphatic rings. The van der Waals surface area contributed by atoms with E-state index in [-0.39, 0.29) is 5.91 Å². The van der Waals surface area contributed by atoms with Crippen LogP contribution >= 0.6 is 0 Å². The van der Waals surface area contributed by atoms with Crippen LogP contribution in [0.4, 0.5) is 5.82 Å². The molecule has 4 rings (SSSR count). The van der Waals surface area contributed by atoms with E-state index in [0.29, 0.717) is 18.1 Å². The third-order valence-corrected chi connectivity index (χ3v) is 5.52. The van der Waals surface area contributed by atoms with Crippen molar-refractivity contribution in [3.63, 3.8) is 0 Å². The zero-order valence-electron chi connectivity index (χ0n) is 13.9. The van der Waals surface area contributed by atoms with Crippen LogP contribution in [0.2, 0.25) is 0 Å². The van der Waals surface area contributed by atoms with Gasteiger partial charge in [-0.1, -0.05) is 0 Å². The lowest BCUT2D eigenvalue weighted by molar-refractivity contribution is 0.0664. The standard InChI is InChI=1S/C18H26N4O/c1-21-10-2-4-15(21)16-5-3-11-22(16)18(23)13-6-9-17(19-12-13)20-14-7-8-14/h6,9,12,14-16H,2-5,7-8,10-11H2,1H3,(H,19,20)/t15-,16-/m0/s1. The number of rotatable bonds is 4. The maximum atomic E-state index is 12.9. The number of likely N-dealkylation sites (tertiary alicyclic amines) is 2. The molecule has 2 saturated heterocycles. The van der Waals surface area contributed by atoms with Crippen molar-refractivity contribution >= 4 is 11.7 Å². The smallest absolute Gasteiger partial charge is 0.255 e. The number of amides is 1. The number of nitrogens with zero attached hydrogens (tertiary/aromatic N) is 3. The van der Waals surface area contributed by atoms with Crippen molar-refractivity contribution in [2.75, 3.05) is 25.5 Å². The fourth-order valence-electron chi connectivity index (χ4n) is 4.08. The molecule has 1 N–H and O–H groups in total. The second-order valence-corrected chi connectivity index (χ2v) is 7.25. The Labute approximate surface area is 138 Å². The first-order chi connectivity index (χ1) is 11.2. The zero-order valence-corrected chi connectivity index (χ0v) is 13.9. The molecule has 1 amide bonds. The molecule has 124 valence electrons. The molecular weight excluding hydrogens is 288 g/mol. The van der Waals surface area contributed by atoms with E-state index in [0.717, 1.165) is 37.3 Å². The molecule has 1 saturated carbocycles. The Morgan fingerprint density at radius 1 is 1.13 bits per heavy atom. The van der Waals surface area contributed by atoms with Gasteiger partial charge in [-0.25, -0.2) is 4.98 Å². The summed E-state index contributed by atoms with van der Waals surface area (Å²) in [6, 6.07) is 5.36. The van der Waals surface area contributed by atoms with E-state index in [1.807, 2.05) is 12.1 Å². The van der Waals surface area contributed by atoms with Crippen LogP contribution in [-0.4, -0.2) is 59.0 Å². The third kappa shape index (κ3) is 3.07. The van der Waals surface area contributed by atoms with Crippen LogP contribution in [0, 0.1) is 0 Å². The van der Waals surface area contributed by atoms with Crippen LogP contribution < -0.4 is 5.32 Å². The number of nitrogens with one attached hydrogen (secondary N) is 1. The summed E-state index contributed by atoms with van der Waals surface area (Å²) >= 11 is 0. The minimum atomic E-state index is 0.151. The van der Waals surface area contributed by atoms with E-state index in [1.54, 1.807) is 6.20 Å². The van der Waals surface area contributed by atoms with Crippen LogP contribution in [0.25, 0.3) is 0 Å². The van der Waals surface area contributed by atoms with E-state index in [2.05, 4.69) is 27.1 Å². The normalized spacial score (nSPS) is 28.3. The van der Waals surface area contributed by atoms with Gasteiger partial charge >= 0.3 is 0 Å². The molecule has 3 heterocycles. The number of likely N-dealkylation sites (N-methyl/N-ethyl adjacent to an activating group) is 1. The number of carbonyl (C=O) groups excluding carboxylic acids is 1. The maximum absolute atomic E-state index is 12.9. The van der Waals surface area contributed by atoms with Crippen molar-refractivity contribution in [1.82, 2.24) is 14.8 Å². The summed E-state index contributed by atoms with van der Waals surface area (Å²) < 4.78 is 0. The van der Waals surface area contributed by atoms with Gasteiger partial charge in [0.25, 0.3) is 5.91 Å². The fraction of sp³-hybridized carbons (Fsp3) is 0.667. The Hall–Kier alpha value is -1.62. The topological polar surface area (TPSA) is 48.5 Å². The Balaban J connectivity index is 1.46. The summed E-state index contributed by atoms with van der Waals surface area (Å²) in [6.45, 7) is 2.04. The number of hydrogen-bond acceptors (Lipinski definition) is 4. The Morgan fingerprint density at radius 3 is 2.57 bits per heavy atom. The van der Waals surface area contributed by atoms with Crippen molar-refractivity contribution in [2.24, 2.45) is 0 Å². The molecule has 0 radical (unpaired) electrons. The quantitative estimate of drug-likeness (QED) is 0.927. The lowest BCUT2D eigenvalue weighted by Crippen LogP contribution is -2.47. The molecule has 0 spiro atoms. The van der Waals surface area contributed by atoms with Gasteiger partial charge in [0.05, 0.1) is 5.56 Å². The van der Waals surface area contributed by atoms with Crippen molar-refractivity contribution < 1.29 is 4.79 Å². The van der Waals surface area contributed by atoms with Gasteiger partial charge < -0.3 is 15.1 Å². The average molecular weight is 314 g/mol. The first-order valence-electron chi connectivity index (χ1n) is 8.96. The van der Waals surface area contributed by atoms with E-state index in [1.165, 1.54) is 25.7 Å². The van der Waals surface area contributed by atoms with Crippen molar-refractivity contribution in [2.45, 2.75) is 56.7 Å². The summed E-state index contributed by atoms with van der Waals surface area (Å²) in [4.78, 5) is 21.9. The largest absolute Gasteiger partial charge is 0.367 e. The van der Waals surface area contributed by atoms with Crippen LogP contribution in [0.1, 0.15) is 48.9 Å². The molecule has 1 aromatic heterocycles. The molecule has 5 heteroatoms. The summed E-state index contributed by atoms with van der Waals surface area (Å²) in [7, 11) is 2.19. The summed E-state index contributed by atoms with van der Waals surface area (Å²) in [5, 5.41) is 3.37. The average Bonchev–Trinajstić information content (AvgIpc) is 3.08. The molecule has 1 aromatic rings. The molecule has 0 bridgehead atoms. The fourth-order valence-corrected chi connectivity index (χ4v) is 4.08. The molecule has 2 atom stereocenters. The highest BCUT2D eigenvalue weighted by Gasteiger charge is 2.38. The van der Waals surface area contributed by atoms with Crippen molar-refractivity contribution in [3.8, 4) is 0 Å². The van der Waals surface area contributed by atoms with Gasteiger partial charge in [-0.2, -0.15) is 0 Å². The summed E-state index contributed by atoms with van der Waals surface area (Å²) in [5.41, 5.74) is 0.721. The molecule has 0 unspecified atom stereocenters. The van der Waals surface area contributed by atoms with Gasteiger partial charge in [-0.3, -0.25) is 4.79 Å². The predicted octanol–water partition coefficient (Wildman–Crippen LogP) is 2.35. The molecule has 5 nitrogen and oxygen atoms in total. The van der Waals surface area contributed by atoms with E-state index in [9.17, 15) is 4.79 Å². The van der Waals surface area contributed by atoms with Gasteiger partial charge in [0.2, 0.25) is 0 Å². The molecule has 1 aliphatic carbocycles. The third-order valence-electron chi connectivity index (χ3n) is 5.52. The molecular formula is C18H26N4O. The first kappa shape index (κ1) is 14.9. The van der Waals surface area contributed by atoms with Crippen molar-refractivity contribution in [3.05, 3.63) is 23.9 Å². The SMILES string of the molecule is CN1CCC[C@H]1[C@@H]1CCCN1C(=O)c1ccc(NC2CC2)nc1. The lowest BCUT2D eigenvalue weighted by Gasteiger charge is -2.33. The van der Waals surface area contributed by atoms with Gasteiger partial charge in [-0.15, -0.1) is 0 Å². The van der Waals surface area contributed by atoms with E-state index >= 15 is 0 Å². The van der Waals surface area contributed by atoms with E-state index in [4.69, 9.17) is 0 Å². The highest BCUT2D eigenvalue weighted by Crippen LogP contribution is 2.30. The number of anilines is 1. The Bertz CT molecular complexity index is 569. The summed E-state index contributed by atoms with van der Waals surface area (Å²) in [6.07, 6.45) is 8.92. The number of aromatic nitrogens is 1. The van der Waals surface area contributed by atoms with Gasteiger partial charge in [-0.05, 0) is 64.3 Å². The molecule has 3 fully saturated rings. The van der Waals surface area contributed by atoms with E-state index < -0.39 is 0 Å². The second kappa shape index (κ2) is 6.11. The van der Waals surface area contributed by atoms with Crippen LogP contribution in [0.15, 0.2) is 18.3 Å². The van der Waals surface area contributed by atoms with Crippen LogP contribution in [0.5, 0.6) is 0 Å². The van der Waals surface area contributed by atoms with Crippen molar-refractivity contribution in [1.29, 1.82) is 0 Å². The van der Waals surface area contributed by atoms with Crippen LogP contribution in [-0.2, 0) is 0 Å². The number of carbonyl (C=O) groups is 1. The Kier molecular flexibility index (Phi) is 3.97. The first-order valence-corrected chi connectivity index (χ1v) is 8.96. The lowest BCUT2D eigenvalue weighted by atomic mass is 10.0. The molecule has 0 aromatic carbocycles. The van der Waals surface area contributed by atoms with Gasteiger partial charge in [0.15, 0.2) is 0 Å². The maximum Gasteiger partial charge on any atom is 0.255 e. The minimum Gasteiger partial charge on any atom is -0.367 e. The summed E-state index contributed by atoms with van der Waals surface area (Å²) in [5.74, 6) is 1.04. The second-order valence-electron chi connectivity index (χ2n) is 7.25. The highest BCUT2D eigenvalue weighted by atomic mass is 16.2. The predicted molar refractivity (Wildman–Crippen MR) is 90.6 cm³/mol. The van der Waals surface area contributed by atoms with Gasteiger partial charge in [0, 0.05) is 30.9 Å². The highest BCUT2D eigenvalue weighted by molar-refractivity contribution is 5.94. The van der Waals surface area contributed by atoms with Crippen LogP contribution in [0.3, 0.4) is 0 Å². The monoisotopic (exact) mass is 314 g/mol. The number of hydrogen-bond donors (Lipinski definition) is 1. The minimum absolute atomic E-state index is 0.151. The molecule has 2 aliphatic heterocycles.